The first kappa shape index (κ1) is 20.3. The average Bonchev–Trinajstić information content (AvgIpc) is 3.25. The van der Waals surface area contributed by atoms with Gasteiger partial charge in [-0.3, -0.25) is 9.48 Å². The first-order valence-electron chi connectivity index (χ1n) is 10.7. The minimum atomic E-state index is -0.00876. The van der Waals surface area contributed by atoms with Crippen LogP contribution in [0.1, 0.15) is 16.2 Å². The van der Waals surface area contributed by atoms with Gasteiger partial charge in [-0.2, -0.15) is 5.10 Å². The van der Waals surface area contributed by atoms with Crippen molar-refractivity contribution in [3.05, 3.63) is 66.5 Å². The summed E-state index contributed by atoms with van der Waals surface area (Å²) in [5.74, 6) is 1.36. The van der Waals surface area contributed by atoms with Gasteiger partial charge < -0.3 is 9.80 Å². The molecular formula is C24H25N7O. The van der Waals surface area contributed by atoms with E-state index in [1.165, 1.54) is 0 Å². The standard InChI is InChI=1S/C24H25N7O/c1-29-7-9-31(10-8-29)24-12-18(5-6-25-24)22(32)13-23-26-14-19-4-3-17(11-21(19)28-23)20-15-27-30(2)16-20/h3-6,11-12,14-16H,7-10,13H2,1-2H3. The third kappa shape index (κ3) is 4.22. The highest BCUT2D eigenvalue weighted by Gasteiger charge is 2.17. The predicted molar refractivity (Wildman–Crippen MR) is 124 cm³/mol. The Morgan fingerprint density at radius 3 is 2.59 bits per heavy atom. The zero-order valence-electron chi connectivity index (χ0n) is 18.3. The summed E-state index contributed by atoms with van der Waals surface area (Å²) in [6.45, 7) is 3.81. The summed E-state index contributed by atoms with van der Waals surface area (Å²) >= 11 is 0. The summed E-state index contributed by atoms with van der Waals surface area (Å²) in [7, 11) is 4.01. The zero-order chi connectivity index (χ0) is 22.1. The van der Waals surface area contributed by atoms with Crippen molar-refractivity contribution in [3.63, 3.8) is 0 Å². The summed E-state index contributed by atoms with van der Waals surface area (Å²) in [5.41, 5.74) is 3.52. The van der Waals surface area contributed by atoms with Crippen molar-refractivity contribution in [2.45, 2.75) is 6.42 Å². The number of aromatic nitrogens is 5. The van der Waals surface area contributed by atoms with E-state index in [0.717, 1.165) is 54.0 Å². The second-order valence-corrected chi connectivity index (χ2v) is 8.26. The van der Waals surface area contributed by atoms with Crippen LogP contribution in [0.3, 0.4) is 0 Å². The maximum atomic E-state index is 13.0. The summed E-state index contributed by atoms with van der Waals surface area (Å²) in [4.78, 5) is 31.1. The number of anilines is 1. The lowest BCUT2D eigenvalue weighted by Gasteiger charge is -2.33. The molecule has 5 rings (SSSR count). The van der Waals surface area contributed by atoms with Crippen LogP contribution in [-0.2, 0) is 13.5 Å². The quantitative estimate of drug-likeness (QED) is 0.453. The first-order valence-corrected chi connectivity index (χ1v) is 10.7. The average molecular weight is 428 g/mol. The van der Waals surface area contributed by atoms with Crippen LogP contribution in [0.5, 0.6) is 0 Å². The fraction of sp³-hybridized carbons (Fsp3) is 0.292. The lowest BCUT2D eigenvalue weighted by atomic mass is 10.1. The van der Waals surface area contributed by atoms with Crippen LogP contribution in [0.25, 0.3) is 22.0 Å². The Bertz CT molecular complexity index is 1270. The molecule has 0 saturated carbocycles. The number of ketones is 1. The molecular weight excluding hydrogens is 402 g/mol. The lowest BCUT2D eigenvalue weighted by Crippen LogP contribution is -2.44. The summed E-state index contributed by atoms with van der Waals surface area (Å²) in [6, 6.07) is 9.69. The third-order valence-electron chi connectivity index (χ3n) is 5.88. The van der Waals surface area contributed by atoms with Crippen molar-refractivity contribution in [1.29, 1.82) is 0 Å². The highest BCUT2D eigenvalue weighted by Crippen LogP contribution is 2.23. The molecule has 0 aliphatic carbocycles. The molecule has 4 heterocycles. The highest BCUT2D eigenvalue weighted by molar-refractivity contribution is 5.98. The van der Waals surface area contributed by atoms with Gasteiger partial charge >= 0.3 is 0 Å². The van der Waals surface area contributed by atoms with Gasteiger partial charge in [0.05, 0.1) is 18.1 Å². The Kier molecular flexibility index (Phi) is 5.36. The molecule has 1 fully saturated rings. The number of rotatable bonds is 5. The number of fused-ring (bicyclic) bond motifs is 1. The maximum Gasteiger partial charge on any atom is 0.170 e. The third-order valence-corrected chi connectivity index (χ3v) is 5.88. The topological polar surface area (TPSA) is 80.0 Å². The van der Waals surface area contributed by atoms with Crippen LogP contribution in [0, 0.1) is 0 Å². The van der Waals surface area contributed by atoms with Crippen molar-refractivity contribution < 1.29 is 4.79 Å². The van der Waals surface area contributed by atoms with E-state index in [9.17, 15) is 4.79 Å². The monoisotopic (exact) mass is 427 g/mol. The maximum absolute atomic E-state index is 13.0. The predicted octanol–water partition coefficient (Wildman–Crippen LogP) is 2.60. The van der Waals surface area contributed by atoms with Crippen molar-refractivity contribution in [1.82, 2.24) is 29.6 Å². The molecule has 32 heavy (non-hydrogen) atoms. The molecule has 3 aromatic heterocycles. The number of hydrogen-bond donors (Lipinski definition) is 0. The highest BCUT2D eigenvalue weighted by atomic mass is 16.1. The molecule has 0 spiro atoms. The van der Waals surface area contributed by atoms with E-state index in [4.69, 9.17) is 0 Å². The normalized spacial score (nSPS) is 14.8. The summed E-state index contributed by atoms with van der Waals surface area (Å²) < 4.78 is 1.77. The molecule has 0 radical (unpaired) electrons. The molecule has 1 saturated heterocycles. The molecule has 8 nitrogen and oxygen atoms in total. The van der Waals surface area contributed by atoms with Gasteiger partial charge in [-0.05, 0) is 30.8 Å². The number of hydrogen-bond acceptors (Lipinski definition) is 7. The van der Waals surface area contributed by atoms with Gasteiger partial charge in [-0.25, -0.2) is 15.0 Å². The largest absolute Gasteiger partial charge is 0.354 e. The molecule has 162 valence electrons. The molecule has 8 heteroatoms. The van der Waals surface area contributed by atoms with Crippen LogP contribution in [0.4, 0.5) is 5.82 Å². The van der Waals surface area contributed by atoms with Gasteiger partial charge in [0.1, 0.15) is 11.6 Å². The van der Waals surface area contributed by atoms with Crippen molar-refractivity contribution in [2.75, 3.05) is 38.1 Å². The first-order chi connectivity index (χ1) is 15.5. The SMILES string of the molecule is CN1CCN(c2cc(C(=O)Cc3ncc4ccc(-c5cnn(C)c5)cc4n3)ccn2)CC1. The molecule has 0 amide bonds. The zero-order valence-corrected chi connectivity index (χ0v) is 18.3. The lowest BCUT2D eigenvalue weighted by molar-refractivity contribution is 0.0991. The van der Waals surface area contributed by atoms with E-state index in [1.54, 1.807) is 23.1 Å². The number of carbonyl (C=O) groups is 1. The molecule has 1 aromatic carbocycles. The van der Waals surface area contributed by atoms with Gasteiger partial charge in [0, 0.05) is 68.3 Å². The van der Waals surface area contributed by atoms with Gasteiger partial charge in [0.2, 0.25) is 0 Å². The van der Waals surface area contributed by atoms with E-state index in [2.05, 4.69) is 36.9 Å². The number of nitrogens with zero attached hydrogens (tertiary/aromatic N) is 7. The van der Waals surface area contributed by atoms with E-state index < -0.39 is 0 Å². The van der Waals surface area contributed by atoms with E-state index in [-0.39, 0.29) is 12.2 Å². The van der Waals surface area contributed by atoms with Crippen LogP contribution in [0.2, 0.25) is 0 Å². The van der Waals surface area contributed by atoms with Crippen LogP contribution in [0.15, 0.2) is 55.1 Å². The van der Waals surface area contributed by atoms with Crippen LogP contribution < -0.4 is 4.90 Å². The van der Waals surface area contributed by atoms with Gasteiger partial charge in [0.15, 0.2) is 5.78 Å². The molecule has 1 aliphatic heterocycles. The number of aryl methyl sites for hydroxylation is 1. The molecule has 0 bridgehead atoms. The molecule has 0 atom stereocenters. The Hall–Kier alpha value is -3.65. The molecule has 0 unspecified atom stereocenters. The smallest absolute Gasteiger partial charge is 0.170 e. The number of Topliss-reactive ketones (excluding diaryl/α,β-unsaturated/α-hetero) is 1. The number of pyridine rings is 1. The molecule has 1 aliphatic rings. The van der Waals surface area contributed by atoms with Crippen molar-refractivity contribution in [3.8, 4) is 11.1 Å². The van der Waals surface area contributed by atoms with Crippen LogP contribution >= 0.6 is 0 Å². The number of carbonyl (C=O) groups excluding carboxylic acids is 1. The van der Waals surface area contributed by atoms with Crippen molar-refractivity contribution in [2.24, 2.45) is 7.05 Å². The minimum Gasteiger partial charge on any atom is -0.354 e. The Labute approximate surface area is 186 Å². The number of benzene rings is 1. The van der Waals surface area contributed by atoms with Crippen LogP contribution in [-0.4, -0.2) is 68.6 Å². The number of likely N-dealkylation sites (N-methyl/N-ethyl adjacent to an activating group) is 1. The van der Waals surface area contributed by atoms with Crippen molar-refractivity contribution >= 4 is 22.5 Å². The fourth-order valence-corrected chi connectivity index (χ4v) is 3.94. The van der Waals surface area contributed by atoms with E-state index >= 15 is 0 Å². The van der Waals surface area contributed by atoms with Gasteiger partial charge in [-0.15, -0.1) is 0 Å². The fourth-order valence-electron chi connectivity index (χ4n) is 3.94. The number of piperazine rings is 1. The Morgan fingerprint density at radius 1 is 0.969 bits per heavy atom. The second kappa shape index (κ2) is 8.47. The second-order valence-electron chi connectivity index (χ2n) is 8.26. The van der Waals surface area contributed by atoms with Gasteiger partial charge in [-0.1, -0.05) is 12.1 Å². The molecule has 0 N–H and O–H groups in total. The van der Waals surface area contributed by atoms with E-state index in [0.29, 0.717) is 11.4 Å². The van der Waals surface area contributed by atoms with E-state index in [1.807, 2.05) is 43.7 Å². The minimum absolute atomic E-state index is 0.00876. The Balaban J connectivity index is 1.36. The summed E-state index contributed by atoms with van der Waals surface area (Å²) in [6.07, 6.45) is 7.43. The Morgan fingerprint density at radius 2 is 1.81 bits per heavy atom. The molecule has 4 aromatic rings. The van der Waals surface area contributed by atoms with Gasteiger partial charge in [0.25, 0.3) is 0 Å². The summed E-state index contributed by atoms with van der Waals surface area (Å²) in [5, 5.41) is 5.18.